The van der Waals surface area contributed by atoms with Crippen molar-refractivity contribution in [2.24, 2.45) is 0 Å². The molecule has 1 amide bonds. The van der Waals surface area contributed by atoms with E-state index in [1.807, 2.05) is 0 Å². The molecule has 0 aliphatic heterocycles. The van der Waals surface area contributed by atoms with E-state index in [1.54, 1.807) is 67.6 Å². The Bertz CT molecular complexity index is 1160. The summed E-state index contributed by atoms with van der Waals surface area (Å²) in [5.74, 6) is -0.310. The third-order valence-electron chi connectivity index (χ3n) is 4.05. The molecule has 0 radical (unpaired) electrons. The van der Waals surface area contributed by atoms with Gasteiger partial charge in [-0.15, -0.1) is 0 Å². The number of rotatable bonds is 8. The van der Waals surface area contributed by atoms with Crippen LogP contribution in [0.25, 0.3) is 6.08 Å². The first kappa shape index (κ1) is 21.9. The lowest BCUT2D eigenvalue weighted by atomic mass is 10.1. The molecule has 2 N–H and O–H groups in total. The van der Waals surface area contributed by atoms with Gasteiger partial charge < -0.3 is 19.9 Å². The van der Waals surface area contributed by atoms with E-state index in [0.29, 0.717) is 29.4 Å². The standard InChI is InChI=1S/C24H18BrNO5/c1-2-30-21-9-5-3-7-18(21)23(27)26-20(24(28)29)15-16-11-13-17(14-12-16)31-22-10-6-4-8-19(22)25/h3,5,7-15H,2H2,1H3,(H,26,27)(H,28,29)/b20-15-. The largest absolute Gasteiger partial charge is 0.493 e. The Morgan fingerprint density at radius 2 is 1.81 bits per heavy atom. The molecule has 0 bridgehead atoms. The van der Waals surface area contributed by atoms with Crippen LogP contribution in [-0.4, -0.2) is 23.6 Å². The maximum Gasteiger partial charge on any atom is 0.352 e. The summed E-state index contributed by atoms with van der Waals surface area (Å²) in [7, 11) is 0. The van der Waals surface area contributed by atoms with Crippen LogP contribution in [0.3, 0.4) is 0 Å². The summed E-state index contributed by atoms with van der Waals surface area (Å²) < 4.78 is 11.9. The summed E-state index contributed by atoms with van der Waals surface area (Å²) in [6.45, 7) is 2.19. The summed E-state index contributed by atoms with van der Waals surface area (Å²) >= 11 is 3.37. The summed E-state index contributed by atoms with van der Waals surface area (Å²) in [5, 5.41) is 12.0. The number of hydrogen-bond donors (Lipinski definition) is 2. The Morgan fingerprint density at radius 1 is 1.10 bits per heavy atom. The van der Waals surface area contributed by atoms with E-state index in [1.165, 1.54) is 6.08 Å². The van der Waals surface area contributed by atoms with Gasteiger partial charge in [0.25, 0.3) is 5.91 Å². The molecule has 0 fully saturated rings. The quantitative estimate of drug-likeness (QED) is 0.419. The molecule has 0 saturated carbocycles. The molecule has 3 rings (SSSR count). The van der Waals surface area contributed by atoms with E-state index < -0.39 is 11.9 Å². The second kappa shape index (κ2) is 10.3. The normalized spacial score (nSPS) is 12.6. The number of carboxylic acids is 1. The van der Waals surface area contributed by atoms with E-state index in [4.69, 9.17) is 9.47 Å². The van der Waals surface area contributed by atoms with E-state index in [9.17, 15) is 14.7 Å². The van der Waals surface area contributed by atoms with Crippen LogP contribution in [0.5, 0.6) is 11.5 Å². The van der Waals surface area contributed by atoms with Crippen molar-refractivity contribution in [2.45, 2.75) is 6.92 Å². The molecule has 0 aromatic heterocycles. The first-order valence-corrected chi connectivity index (χ1v) is 10.1. The molecule has 0 saturated heterocycles. The number of benzene rings is 2. The van der Waals surface area contributed by atoms with Gasteiger partial charge in [0.1, 0.15) is 17.2 Å². The van der Waals surface area contributed by atoms with E-state index >= 15 is 0 Å². The Morgan fingerprint density at radius 3 is 2.48 bits per heavy atom. The minimum atomic E-state index is -1.26. The highest BCUT2D eigenvalue weighted by atomic mass is 79.9. The van der Waals surface area contributed by atoms with Gasteiger partial charge in [0.2, 0.25) is 0 Å². The fourth-order valence-electron chi connectivity index (χ4n) is 2.63. The number of amides is 1. The number of allylic oxidation sites excluding steroid dienone is 3. The second-order valence-electron chi connectivity index (χ2n) is 6.21. The van der Waals surface area contributed by atoms with Crippen molar-refractivity contribution < 1.29 is 24.2 Å². The Hall–Kier alpha value is -3.76. The van der Waals surface area contributed by atoms with Crippen LogP contribution in [0.1, 0.15) is 22.8 Å². The number of carbonyl (C=O) groups excluding carboxylic acids is 1. The maximum atomic E-state index is 12.6. The molecule has 1 aliphatic carbocycles. The smallest absolute Gasteiger partial charge is 0.352 e. The van der Waals surface area contributed by atoms with Gasteiger partial charge in [-0.1, -0.05) is 35.7 Å². The molecule has 0 unspecified atom stereocenters. The Labute approximate surface area is 187 Å². The molecular weight excluding hydrogens is 462 g/mol. The van der Waals surface area contributed by atoms with Crippen molar-refractivity contribution in [1.82, 2.24) is 5.32 Å². The van der Waals surface area contributed by atoms with Crippen LogP contribution >= 0.6 is 15.9 Å². The van der Waals surface area contributed by atoms with Crippen molar-refractivity contribution in [3.05, 3.63) is 99.2 Å². The molecular formula is C24H18BrNO5. The van der Waals surface area contributed by atoms with Gasteiger partial charge in [-0.25, -0.2) is 4.79 Å². The van der Waals surface area contributed by atoms with Gasteiger partial charge in [-0.2, -0.15) is 0 Å². The lowest BCUT2D eigenvalue weighted by Gasteiger charge is -2.11. The fourth-order valence-corrected chi connectivity index (χ4v) is 2.94. The van der Waals surface area contributed by atoms with E-state index in [0.717, 1.165) is 4.48 Å². The molecule has 0 spiro atoms. The molecule has 156 valence electrons. The summed E-state index contributed by atoms with van der Waals surface area (Å²) in [4.78, 5) is 24.3. The van der Waals surface area contributed by atoms with Gasteiger partial charge in [0.15, 0.2) is 5.76 Å². The van der Waals surface area contributed by atoms with Crippen LogP contribution in [0, 0.1) is 0 Å². The lowest BCUT2D eigenvalue weighted by Crippen LogP contribution is -2.27. The summed E-state index contributed by atoms with van der Waals surface area (Å²) in [6, 6.07) is 13.4. The van der Waals surface area contributed by atoms with Crippen LogP contribution in [-0.2, 0) is 4.79 Å². The molecule has 7 heteroatoms. The van der Waals surface area contributed by atoms with Gasteiger partial charge in [0.05, 0.1) is 16.7 Å². The number of carbonyl (C=O) groups is 2. The highest BCUT2D eigenvalue weighted by molar-refractivity contribution is 9.11. The van der Waals surface area contributed by atoms with Crippen molar-refractivity contribution in [1.29, 1.82) is 0 Å². The third kappa shape index (κ3) is 5.87. The molecule has 6 nitrogen and oxygen atoms in total. The van der Waals surface area contributed by atoms with E-state index in [-0.39, 0.29) is 11.3 Å². The molecule has 2 aromatic carbocycles. The zero-order valence-corrected chi connectivity index (χ0v) is 18.1. The zero-order valence-electron chi connectivity index (χ0n) is 16.5. The predicted molar refractivity (Wildman–Crippen MR) is 120 cm³/mol. The van der Waals surface area contributed by atoms with Crippen LogP contribution in [0.2, 0.25) is 0 Å². The Kier molecular flexibility index (Phi) is 7.31. The Balaban J connectivity index is 1.76. The van der Waals surface area contributed by atoms with Crippen molar-refractivity contribution >= 4 is 33.9 Å². The lowest BCUT2D eigenvalue weighted by molar-refractivity contribution is -0.132. The fraction of sp³-hybridized carbons (Fsp3) is 0.0833. The van der Waals surface area contributed by atoms with Crippen molar-refractivity contribution in [3.63, 3.8) is 0 Å². The van der Waals surface area contributed by atoms with Gasteiger partial charge in [-0.05, 0) is 58.8 Å². The van der Waals surface area contributed by atoms with E-state index in [2.05, 4.69) is 32.7 Å². The zero-order chi connectivity index (χ0) is 22.2. The predicted octanol–water partition coefficient (Wildman–Crippen LogP) is 4.81. The molecule has 1 aliphatic rings. The highest BCUT2D eigenvalue weighted by Crippen LogP contribution is 2.23. The van der Waals surface area contributed by atoms with Gasteiger partial charge in [0, 0.05) is 12.2 Å². The minimum Gasteiger partial charge on any atom is -0.493 e. The second-order valence-corrected chi connectivity index (χ2v) is 7.06. The van der Waals surface area contributed by atoms with Crippen LogP contribution in [0.4, 0.5) is 0 Å². The highest BCUT2D eigenvalue weighted by Gasteiger charge is 2.17. The average molecular weight is 480 g/mol. The number of halogens is 1. The average Bonchev–Trinajstić information content (AvgIpc) is 2.76. The number of para-hydroxylation sites is 1. The third-order valence-corrected chi connectivity index (χ3v) is 4.67. The van der Waals surface area contributed by atoms with Gasteiger partial charge >= 0.3 is 5.97 Å². The van der Waals surface area contributed by atoms with Crippen molar-refractivity contribution in [2.75, 3.05) is 6.61 Å². The molecule has 0 atom stereocenters. The maximum absolute atomic E-state index is 12.6. The number of nitrogens with one attached hydrogen (secondary N) is 1. The first-order valence-electron chi connectivity index (χ1n) is 9.31. The monoisotopic (exact) mass is 479 g/mol. The number of aliphatic carboxylic acids is 1. The van der Waals surface area contributed by atoms with Crippen LogP contribution < -0.4 is 14.8 Å². The van der Waals surface area contributed by atoms with Gasteiger partial charge in [-0.3, -0.25) is 4.79 Å². The SMILES string of the molecule is CCOc1ccccc1C(=O)N/C(=C\c1ccc(OC2=C(Br)C=C=C=C2)cc1)C(=O)O. The minimum absolute atomic E-state index is 0.253. The number of carboxylic acid groups (broad SMARTS) is 1. The topological polar surface area (TPSA) is 84.9 Å². The van der Waals surface area contributed by atoms with Crippen molar-refractivity contribution in [3.8, 4) is 11.5 Å². The molecule has 2 aromatic rings. The van der Waals surface area contributed by atoms with Crippen LogP contribution in [0.15, 0.2) is 88.1 Å². The number of hydrogen-bond acceptors (Lipinski definition) is 4. The summed E-state index contributed by atoms with van der Waals surface area (Å²) in [5.41, 5.74) is 6.19. The number of ether oxygens (including phenoxy) is 2. The molecule has 31 heavy (non-hydrogen) atoms. The first-order chi connectivity index (χ1) is 15.0. The molecule has 0 heterocycles. The summed E-state index contributed by atoms with van der Waals surface area (Å²) in [6.07, 6.45) is 4.71.